The van der Waals surface area contributed by atoms with Crippen LogP contribution in [0.3, 0.4) is 0 Å². The summed E-state index contributed by atoms with van der Waals surface area (Å²) >= 11 is 0. The molecule has 3 heterocycles. The van der Waals surface area contributed by atoms with Gasteiger partial charge in [0, 0.05) is 17.9 Å². The van der Waals surface area contributed by atoms with E-state index < -0.39 is 10.0 Å². The Kier molecular flexibility index (Phi) is 7.79. The Labute approximate surface area is 213 Å². The Bertz CT molecular complexity index is 1240. The average Bonchev–Trinajstić information content (AvgIpc) is 2.86. The highest BCUT2D eigenvalue weighted by molar-refractivity contribution is 7.91. The molecule has 6 rings (SSSR count). The van der Waals surface area contributed by atoms with Gasteiger partial charge in [0.1, 0.15) is 0 Å². The highest BCUT2D eigenvalue weighted by Gasteiger charge is 2.38. The van der Waals surface area contributed by atoms with Gasteiger partial charge in [-0.2, -0.15) is 0 Å². The summed E-state index contributed by atoms with van der Waals surface area (Å²) < 4.78 is 27.6. The van der Waals surface area contributed by atoms with E-state index in [4.69, 9.17) is 0 Å². The molecule has 6 nitrogen and oxygen atoms in total. The molecule has 3 aliphatic heterocycles. The number of fused-ring (bicyclic) bond motifs is 3. The van der Waals surface area contributed by atoms with Crippen molar-refractivity contribution in [2.75, 3.05) is 29.7 Å². The van der Waals surface area contributed by atoms with Crippen molar-refractivity contribution in [3.63, 3.8) is 0 Å². The van der Waals surface area contributed by atoms with Crippen LogP contribution in [0.5, 0.6) is 0 Å². The number of piperidine rings is 3. The lowest BCUT2D eigenvalue weighted by Gasteiger charge is -2.43. The van der Waals surface area contributed by atoms with Gasteiger partial charge in [0.05, 0.1) is 11.7 Å². The number of rotatable bonds is 7. The van der Waals surface area contributed by atoms with Gasteiger partial charge in [0.25, 0.3) is 0 Å². The molecule has 35 heavy (non-hydrogen) atoms. The monoisotopic (exact) mass is 511 g/mol. The van der Waals surface area contributed by atoms with Crippen LogP contribution in [0.25, 0.3) is 11.1 Å². The molecule has 2 bridgehead atoms. The number of hydrogen-bond acceptors (Lipinski definition) is 4. The predicted molar refractivity (Wildman–Crippen MR) is 143 cm³/mol. The van der Waals surface area contributed by atoms with E-state index in [0.717, 1.165) is 54.9 Å². The molecular weight excluding hydrogens is 482 g/mol. The SMILES string of the molecule is Cl.O=C(Nc1ccc(-c2ccc(NS(=O)(=O)Cc3ccccc3)cc2)cc1)[C@H]1CN2CCC1CC2. The highest BCUT2D eigenvalue weighted by atomic mass is 35.5. The van der Waals surface area contributed by atoms with E-state index in [-0.39, 0.29) is 30.0 Å². The zero-order valence-corrected chi connectivity index (χ0v) is 21.0. The molecule has 0 radical (unpaired) electrons. The van der Waals surface area contributed by atoms with Gasteiger partial charge in [-0.1, -0.05) is 54.6 Å². The summed E-state index contributed by atoms with van der Waals surface area (Å²) in [5.74, 6) is 0.644. The molecule has 0 aliphatic carbocycles. The molecule has 1 amide bonds. The number of nitrogens with one attached hydrogen (secondary N) is 2. The minimum Gasteiger partial charge on any atom is -0.326 e. The minimum atomic E-state index is -3.49. The number of carbonyl (C=O) groups is 1. The van der Waals surface area contributed by atoms with Crippen molar-refractivity contribution < 1.29 is 13.2 Å². The summed E-state index contributed by atoms with van der Waals surface area (Å²) in [6, 6.07) is 24.2. The number of carbonyl (C=O) groups excluding carboxylic acids is 1. The Morgan fingerprint density at radius 3 is 1.94 bits per heavy atom. The maximum absolute atomic E-state index is 12.8. The largest absolute Gasteiger partial charge is 0.326 e. The summed E-state index contributed by atoms with van der Waals surface area (Å²) in [6.07, 6.45) is 2.24. The zero-order valence-electron chi connectivity index (χ0n) is 19.4. The first-order valence-electron chi connectivity index (χ1n) is 11.7. The quantitative estimate of drug-likeness (QED) is 0.468. The second kappa shape index (κ2) is 10.8. The number of anilines is 2. The standard InChI is InChI=1S/C27H29N3O3S.ClH/c31-27(26-18-30-16-14-23(26)15-17-30)28-24-10-6-21(7-11-24)22-8-12-25(13-9-22)29-34(32,33)19-20-4-2-1-3-5-20;/h1-13,23,26,29H,14-19H2,(H,28,31);1H/t26-;/m0./s1. The third kappa shape index (κ3) is 6.23. The van der Waals surface area contributed by atoms with Gasteiger partial charge in [-0.25, -0.2) is 8.42 Å². The van der Waals surface area contributed by atoms with Gasteiger partial charge in [-0.3, -0.25) is 9.52 Å². The molecule has 2 N–H and O–H groups in total. The van der Waals surface area contributed by atoms with Crippen LogP contribution in [0.15, 0.2) is 78.9 Å². The van der Waals surface area contributed by atoms with Crippen LogP contribution < -0.4 is 10.0 Å². The molecule has 3 aromatic carbocycles. The maximum atomic E-state index is 12.8. The normalized spacial score (nSPS) is 21.1. The molecule has 184 valence electrons. The number of sulfonamides is 1. The third-order valence-corrected chi connectivity index (χ3v) is 8.10. The fourth-order valence-corrected chi connectivity index (χ4v) is 6.18. The lowest BCUT2D eigenvalue weighted by Crippen LogP contribution is -2.51. The molecule has 3 saturated heterocycles. The predicted octanol–water partition coefficient (Wildman–Crippen LogP) is 5.00. The molecule has 3 aromatic rings. The van der Waals surface area contributed by atoms with Crippen molar-refractivity contribution in [3.8, 4) is 11.1 Å². The first-order chi connectivity index (χ1) is 16.4. The lowest BCUT2D eigenvalue weighted by molar-refractivity contribution is -0.125. The van der Waals surface area contributed by atoms with Crippen molar-refractivity contribution in [3.05, 3.63) is 84.4 Å². The van der Waals surface area contributed by atoms with Crippen molar-refractivity contribution in [2.45, 2.75) is 18.6 Å². The highest BCUT2D eigenvalue weighted by Crippen LogP contribution is 2.33. The molecule has 0 unspecified atom stereocenters. The molecule has 0 spiro atoms. The van der Waals surface area contributed by atoms with Gasteiger partial charge >= 0.3 is 0 Å². The van der Waals surface area contributed by atoms with E-state index in [9.17, 15) is 13.2 Å². The van der Waals surface area contributed by atoms with Crippen LogP contribution >= 0.6 is 12.4 Å². The number of nitrogens with zero attached hydrogens (tertiary/aromatic N) is 1. The van der Waals surface area contributed by atoms with E-state index in [2.05, 4.69) is 14.9 Å². The van der Waals surface area contributed by atoms with Crippen molar-refractivity contribution in [1.29, 1.82) is 0 Å². The third-order valence-electron chi connectivity index (χ3n) is 6.84. The van der Waals surface area contributed by atoms with Crippen LogP contribution in [0, 0.1) is 11.8 Å². The summed E-state index contributed by atoms with van der Waals surface area (Å²) in [5.41, 5.74) is 4.05. The summed E-state index contributed by atoms with van der Waals surface area (Å²) in [7, 11) is -3.49. The Hall–Kier alpha value is -2.87. The fraction of sp³-hybridized carbons (Fsp3) is 0.296. The van der Waals surface area contributed by atoms with Gasteiger partial charge in [-0.15, -0.1) is 12.4 Å². The van der Waals surface area contributed by atoms with Crippen molar-refractivity contribution in [1.82, 2.24) is 4.90 Å². The molecule has 0 saturated carbocycles. The van der Waals surface area contributed by atoms with Crippen LogP contribution in [-0.4, -0.2) is 38.9 Å². The minimum absolute atomic E-state index is 0. The topological polar surface area (TPSA) is 78.5 Å². The molecular formula is C27H30ClN3O3S. The molecule has 8 heteroatoms. The van der Waals surface area contributed by atoms with Crippen LogP contribution in [0.1, 0.15) is 18.4 Å². The van der Waals surface area contributed by atoms with Crippen molar-refractivity contribution >= 4 is 39.7 Å². The Morgan fingerprint density at radius 1 is 0.829 bits per heavy atom. The average molecular weight is 512 g/mol. The summed E-state index contributed by atoms with van der Waals surface area (Å²) in [6.45, 7) is 3.11. The number of halogens is 1. The Morgan fingerprint density at radius 2 is 1.40 bits per heavy atom. The second-order valence-corrected chi connectivity index (χ2v) is 11.0. The van der Waals surface area contributed by atoms with Gasteiger partial charge < -0.3 is 10.2 Å². The van der Waals surface area contributed by atoms with Crippen molar-refractivity contribution in [2.24, 2.45) is 11.8 Å². The van der Waals surface area contributed by atoms with E-state index in [1.807, 2.05) is 54.6 Å². The van der Waals surface area contributed by atoms with Gasteiger partial charge in [0.15, 0.2) is 0 Å². The van der Waals surface area contributed by atoms with E-state index >= 15 is 0 Å². The lowest BCUT2D eigenvalue weighted by atomic mass is 9.78. The van der Waals surface area contributed by atoms with Crippen LogP contribution in [0.2, 0.25) is 0 Å². The molecule has 3 fully saturated rings. The van der Waals surface area contributed by atoms with E-state index in [1.165, 1.54) is 0 Å². The molecule has 1 atom stereocenters. The summed E-state index contributed by atoms with van der Waals surface area (Å²) in [4.78, 5) is 15.2. The summed E-state index contributed by atoms with van der Waals surface area (Å²) in [5, 5.41) is 3.09. The maximum Gasteiger partial charge on any atom is 0.236 e. The first-order valence-corrected chi connectivity index (χ1v) is 13.4. The van der Waals surface area contributed by atoms with E-state index in [0.29, 0.717) is 11.6 Å². The van der Waals surface area contributed by atoms with E-state index in [1.54, 1.807) is 24.3 Å². The second-order valence-electron chi connectivity index (χ2n) is 9.24. The number of amides is 1. The smallest absolute Gasteiger partial charge is 0.236 e. The van der Waals surface area contributed by atoms with Crippen LogP contribution in [0.4, 0.5) is 11.4 Å². The molecule has 3 aliphatic rings. The van der Waals surface area contributed by atoms with Crippen LogP contribution in [-0.2, 0) is 20.6 Å². The number of benzene rings is 3. The Balaban J connectivity index is 0.00000289. The first kappa shape index (κ1) is 25.2. The number of hydrogen-bond donors (Lipinski definition) is 2. The van der Waals surface area contributed by atoms with Gasteiger partial charge in [0.2, 0.25) is 15.9 Å². The van der Waals surface area contributed by atoms with Gasteiger partial charge in [-0.05, 0) is 72.8 Å². The fourth-order valence-electron chi connectivity index (χ4n) is 4.98. The zero-order chi connectivity index (χ0) is 23.5. The molecule has 0 aromatic heterocycles.